The molecule has 0 radical (unpaired) electrons. The zero-order valence-corrected chi connectivity index (χ0v) is 14.8. The quantitative estimate of drug-likeness (QED) is 0.801. The molecule has 5 nitrogen and oxygen atoms in total. The van der Waals surface area contributed by atoms with Gasteiger partial charge in [-0.3, -0.25) is 9.59 Å². The molecule has 5 heteroatoms. The lowest BCUT2D eigenvalue weighted by molar-refractivity contribution is -0.140. The van der Waals surface area contributed by atoms with Crippen molar-refractivity contribution in [1.29, 1.82) is 0 Å². The smallest absolute Gasteiger partial charge is 0.313 e. The van der Waals surface area contributed by atoms with Crippen LogP contribution < -0.4 is 0 Å². The van der Waals surface area contributed by atoms with Crippen LogP contribution in [0.3, 0.4) is 0 Å². The van der Waals surface area contributed by atoms with E-state index in [2.05, 4.69) is 30.7 Å². The fraction of sp³-hybridized carbons (Fsp3) is 0.400. The molecular weight excluding hydrogens is 318 g/mol. The van der Waals surface area contributed by atoms with Gasteiger partial charge in [-0.05, 0) is 37.5 Å². The lowest BCUT2D eigenvalue weighted by Crippen LogP contribution is -2.34. The van der Waals surface area contributed by atoms with Gasteiger partial charge < -0.3 is 14.1 Å². The van der Waals surface area contributed by atoms with Gasteiger partial charge in [0.25, 0.3) is 5.91 Å². The Morgan fingerprint density at radius 1 is 1.28 bits per heavy atom. The van der Waals surface area contributed by atoms with E-state index in [9.17, 15) is 9.59 Å². The van der Waals surface area contributed by atoms with Gasteiger partial charge >= 0.3 is 5.97 Å². The Labute approximate surface area is 147 Å². The molecule has 1 aliphatic rings. The van der Waals surface area contributed by atoms with E-state index in [1.807, 2.05) is 17.0 Å². The van der Waals surface area contributed by atoms with Crippen LogP contribution in [0.25, 0.3) is 0 Å². The molecule has 0 saturated carbocycles. The first-order valence-electron chi connectivity index (χ1n) is 8.51. The number of aryl methyl sites for hydroxylation is 1. The number of hydrogen-bond donors (Lipinski definition) is 0. The Kier molecular flexibility index (Phi) is 4.93. The van der Waals surface area contributed by atoms with E-state index in [1.54, 1.807) is 6.07 Å². The van der Waals surface area contributed by atoms with Gasteiger partial charge in [0, 0.05) is 18.5 Å². The molecule has 25 heavy (non-hydrogen) atoms. The molecule has 1 aliphatic heterocycles. The van der Waals surface area contributed by atoms with Crippen LogP contribution in [0.1, 0.15) is 46.5 Å². The predicted octanol–water partition coefficient (Wildman–Crippen LogP) is 3.32. The Balaban J connectivity index is 1.79. The predicted molar refractivity (Wildman–Crippen MR) is 93.5 cm³/mol. The third-order valence-corrected chi connectivity index (χ3v) is 4.97. The number of amides is 1. The summed E-state index contributed by atoms with van der Waals surface area (Å²) in [7, 11) is 1.32. The van der Waals surface area contributed by atoms with Crippen LogP contribution in [0.15, 0.2) is 41.0 Å². The molecule has 0 aliphatic carbocycles. The maximum atomic E-state index is 13.0. The number of rotatable bonds is 4. The van der Waals surface area contributed by atoms with Gasteiger partial charge in [0.05, 0.1) is 18.9 Å². The summed E-state index contributed by atoms with van der Waals surface area (Å²) in [5, 5.41) is 0. The van der Waals surface area contributed by atoms with Crippen molar-refractivity contribution in [3.63, 3.8) is 0 Å². The highest BCUT2D eigenvalue weighted by molar-refractivity contribution is 5.96. The minimum absolute atomic E-state index is 0.0337. The van der Waals surface area contributed by atoms with Crippen LogP contribution in [-0.2, 0) is 16.0 Å². The number of hydrogen-bond acceptors (Lipinski definition) is 4. The summed E-state index contributed by atoms with van der Waals surface area (Å²) < 4.78 is 10.0. The van der Waals surface area contributed by atoms with Crippen molar-refractivity contribution < 1.29 is 18.7 Å². The van der Waals surface area contributed by atoms with Gasteiger partial charge in [-0.2, -0.15) is 0 Å². The Morgan fingerprint density at radius 2 is 2.04 bits per heavy atom. The Bertz CT molecular complexity index is 780. The minimum atomic E-state index is -0.420. The van der Waals surface area contributed by atoms with Crippen molar-refractivity contribution in [2.45, 2.75) is 38.6 Å². The first-order chi connectivity index (χ1) is 12.0. The van der Waals surface area contributed by atoms with Gasteiger partial charge in [-0.15, -0.1) is 0 Å². The van der Waals surface area contributed by atoms with Crippen LogP contribution >= 0.6 is 0 Å². The van der Waals surface area contributed by atoms with Crippen molar-refractivity contribution in [1.82, 2.24) is 4.90 Å². The fourth-order valence-electron chi connectivity index (χ4n) is 3.61. The van der Waals surface area contributed by atoms with E-state index >= 15 is 0 Å². The molecular formula is C20H23NO4. The number of carbonyl (C=O) groups is 2. The molecule has 1 aromatic heterocycles. The van der Waals surface area contributed by atoms with E-state index in [0.29, 0.717) is 23.8 Å². The average Bonchev–Trinajstić information content (AvgIpc) is 3.21. The summed E-state index contributed by atoms with van der Waals surface area (Å²) in [5.74, 6) is 0.187. The van der Waals surface area contributed by atoms with E-state index in [-0.39, 0.29) is 18.4 Å². The fourth-order valence-corrected chi connectivity index (χ4v) is 3.61. The lowest BCUT2D eigenvalue weighted by atomic mass is 9.93. The Hall–Kier alpha value is -2.56. The molecule has 0 bridgehead atoms. The molecule has 2 heterocycles. The maximum absolute atomic E-state index is 13.0. The van der Waals surface area contributed by atoms with Crippen LogP contribution in [0.5, 0.6) is 0 Å². The zero-order chi connectivity index (χ0) is 18.0. The second-order valence-electron chi connectivity index (χ2n) is 6.61. The average molecular weight is 341 g/mol. The number of carbonyl (C=O) groups excluding carboxylic acids is 2. The minimum Gasteiger partial charge on any atom is -0.469 e. The van der Waals surface area contributed by atoms with Crippen LogP contribution in [0, 0.1) is 6.92 Å². The zero-order valence-electron chi connectivity index (χ0n) is 14.8. The SMILES string of the molecule is COC(=O)Cc1occc1C(=O)N1C[C@@H](c2ccccc2C)C[C@@H]1C. The van der Waals surface area contributed by atoms with Gasteiger partial charge in [0.2, 0.25) is 0 Å². The molecule has 132 valence electrons. The van der Waals surface area contributed by atoms with Crippen LogP contribution in [0.4, 0.5) is 0 Å². The molecule has 2 atom stereocenters. The Morgan fingerprint density at radius 3 is 2.76 bits per heavy atom. The second-order valence-corrected chi connectivity index (χ2v) is 6.61. The lowest BCUT2D eigenvalue weighted by Gasteiger charge is -2.21. The van der Waals surface area contributed by atoms with Crippen molar-refractivity contribution in [2.75, 3.05) is 13.7 Å². The maximum Gasteiger partial charge on any atom is 0.313 e. The molecule has 1 aromatic carbocycles. The number of methoxy groups -OCH3 is 1. The van der Waals surface area contributed by atoms with Crippen molar-refractivity contribution >= 4 is 11.9 Å². The highest BCUT2D eigenvalue weighted by Gasteiger charge is 2.35. The van der Waals surface area contributed by atoms with Crippen molar-refractivity contribution in [3.8, 4) is 0 Å². The summed E-state index contributed by atoms with van der Waals surface area (Å²) in [4.78, 5) is 26.4. The molecule has 3 rings (SSSR count). The summed E-state index contributed by atoms with van der Waals surface area (Å²) in [6.45, 7) is 4.85. The van der Waals surface area contributed by atoms with E-state index in [4.69, 9.17) is 4.42 Å². The van der Waals surface area contributed by atoms with Gasteiger partial charge in [0.15, 0.2) is 0 Å². The largest absolute Gasteiger partial charge is 0.469 e. The number of furan rings is 1. The third-order valence-electron chi connectivity index (χ3n) is 4.97. The number of esters is 1. The summed E-state index contributed by atoms with van der Waals surface area (Å²) in [6.07, 6.45) is 2.35. The first-order valence-corrected chi connectivity index (χ1v) is 8.51. The van der Waals surface area contributed by atoms with Crippen LogP contribution in [-0.4, -0.2) is 36.5 Å². The second kappa shape index (κ2) is 7.13. The number of nitrogens with zero attached hydrogens (tertiary/aromatic N) is 1. The van der Waals surface area contributed by atoms with E-state index in [1.165, 1.54) is 24.5 Å². The van der Waals surface area contributed by atoms with Crippen LogP contribution in [0.2, 0.25) is 0 Å². The van der Waals surface area contributed by atoms with Crippen molar-refractivity contribution in [2.24, 2.45) is 0 Å². The van der Waals surface area contributed by atoms with Gasteiger partial charge in [0.1, 0.15) is 12.2 Å². The first kappa shape index (κ1) is 17.3. The highest BCUT2D eigenvalue weighted by Crippen LogP contribution is 2.34. The summed E-state index contributed by atoms with van der Waals surface area (Å²) in [5.41, 5.74) is 3.00. The monoisotopic (exact) mass is 341 g/mol. The molecule has 1 fully saturated rings. The molecule has 1 amide bonds. The topological polar surface area (TPSA) is 59.8 Å². The van der Waals surface area contributed by atoms with Gasteiger partial charge in [-0.25, -0.2) is 0 Å². The standard InChI is InChI=1S/C20H23NO4/c1-13-6-4-5-7-16(13)15-10-14(2)21(12-15)20(23)17-8-9-25-18(17)11-19(22)24-3/h4-9,14-15H,10-12H2,1-3H3/t14-,15-/m0/s1. The molecule has 0 N–H and O–H groups in total. The molecule has 0 spiro atoms. The van der Waals surface area contributed by atoms with Gasteiger partial charge in [-0.1, -0.05) is 24.3 Å². The number of likely N-dealkylation sites (tertiary alicyclic amines) is 1. The summed E-state index contributed by atoms with van der Waals surface area (Å²) >= 11 is 0. The molecule has 0 unspecified atom stereocenters. The number of ether oxygens (including phenoxy) is 1. The molecule has 1 saturated heterocycles. The van der Waals surface area contributed by atoms with E-state index < -0.39 is 5.97 Å². The number of benzene rings is 1. The normalized spacial score (nSPS) is 19.9. The highest BCUT2D eigenvalue weighted by atomic mass is 16.5. The third kappa shape index (κ3) is 3.45. The van der Waals surface area contributed by atoms with Crippen molar-refractivity contribution in [3.05, 3.63) is 59.0 Å². The van der Waals surface area contributed by atoms with E-state index in [0.717, 1.165) is 6.42 Å². The summed E-state index contributed by atoms with van der Waals surface area (Å²) in [6, 6.07) is 10.1. The molecule has 2 aromatic rings.